The normalized spacial score (nSPS) is 46.8. The van der Waals surface area contributed by atoms with E-state index in [-0.39, 0.29) is 56.2 Å². The summed E-state index contributed by atoms with van der Waals surface area (Å²) in [5, 5.41) is 22.6. The Morgan fingerprint density at radius 1 is 0.921 bits per heavy atom. The highest BCUT2D eigenvalue weighted by Crippen LogP contribution is 2.75. The Balaban J connectivity index is 1.60. The zero-order valence-electron chi connectivity index (χ0n) is 24.7. The van der Waals surface area contributed by atoms with Gasteiger partial charge >= 0.3 is 0 Å². The Kier molecular flexibility index (Phi) is 6.18. The minimum absolute atomic E-state index is 0.0266. The van der Waals surface area contributed by atoms with Gasteiger partial charge in [0.2, 0.25) is 0 Å². The fourth-order valence-corrected chi connectivity index (χ4v) is 11.1. The van der Waals surface area contributed by atoms with Gasteiger partial charge in [-0.2, -0.15) is 10.5 Å². The van der Waals surface area contributed by atoms with E-state index >= 15 is 0 Å². The van der Waals surface area contributed by atoms with Crippen LogP contribution in [0.5, 0.6) is 0 Å². The van der Waals surface area contributed by atoms with E-state index < -0.39 is 5.41 Å². The highest BCUT2D eigenvalue weighted by Gasteiger charge is 2.72. The molecule has 8 atom stereocenters. The average molecular weight is 518 g/mol. The number of allylic oxidation sites excluding steroid dienone is 2. The summed E-state index contributed by atoms with van der Waals surface area (Å²) in [6, 6.07) is 4.47. The van der Waals surface area contributed by atoms with Crippen molar-refractivity contribution < 1.29 is 9.59 Å². The van der Waals surface area contributed by atoms with E-state index in [1.54, 1.807) is 0 Å². The summed E-state index contributed by atoms with van der Waals surface area (Å²) in [4.78, 5) is 27.8. The number of carbonyl (C=O) groups excluding carboxylic acids is 2. The maximum Gasteiger partial charge on any atom is 0.178 e. The lowest BCUT2D eigenvalue weighted by Crippen LogP contribution is -2.69. The van der Waals surface area contributed by atoms with Crippen molar-refractivity contribution >= 4 is 11.6 Å². The molecule has 0 spiro atoms. The third kappa shape index (κ3) is 3.49. The number of Topliss-reactive ketones (excluding diaryl/α,β-unsaturated/α-hetero) is 2. The van der Waals surface area contributed by atoms with Gasteiger partial charge in [-0.1, -0.05) is 54.5 Å². The van der Waals surface area contributed by atoms with E-state index in [1.165, 1.54) is 6.42 Å². The minimum atomic E-state index is -0.599. The van der Waals surface area contributed by atoms with Gasteiger partial charge in [-0.15, -0.1) is 0 Å². The molecule has 0 saturated heterocycles. The Hall–Kier alpha value is -1.98. The highest BCUT2D eigenvalue weighted by atomic mass is 16.1. The molecule has 5 aliphatic rings. The zero-order chi connectivity index (χ0) is 27.9. The molecule has 1 N–H and O–H groups in total. The standard InChI is InChI=1S/C33H47N3O2/c1-28(2)10-12-33(20-36-15-14-34)13-11-32(7)26(22(33)18-28)23(37)16-25-30(5)17-21(19-35)27(38)29(3,4)24(30)8-9-31(25,32)6/h17,22,24-26,36H,8-13,15-16,18,20H2,1-7H3/t22-,24-,25+,26-,30-,31+,32+,33+/m0/s1. The number of rotatable bonds is 3. The van der Waals surface area contributed by atoms with Gasteiger partial charge in [-0.3, -0.25) is 9.59 Å². The van der Waals surface area contributed by atoms with Crippen molar-refractivity contribution in [1.29, 1.82) is 10.5 Å². The van der Waals surface area contributed by atoms with E-state index in [0.29, 0.717) is 24.7 Å². The molecule has 0 aromatic carbocycles. The van der Waals surface area contributed by atoms with Crippen LogP contribution in [0.2, 0.25) is 0 Å². The number of nitrogens with zero attached hydrogens (tertiary/aromatic N) is 2. The van der Waals surface area contributed by atoms with Gasteiger partial charge in [-0.25, -0.2) is 0 Å². The van der Waals surface area contributed by atoms with Gasteiger partial charge in [0.05, 0.1) is 18.2 Å². The predicted octanol–water partition coefficient (Wildman–Crippen LogP) is 6.40. The predicted molar refractivity (Wildman–Crippen MR) is 147 cm³/mol. The lowest BCUT2D eigenvalue weighted by molar-refractivity contribution is -0.222. The largest absolute Gasteiger partial charge is 0.304 e. The van der Waals surface area contributed by atoms with Crippen LogP contribution in [-0.4, -0.2) is 24.7 Å². The first-order valence-corrected chi connectivity index (χ1v) is 14.9. The van der Waals surface area contributed by atoms with E-state index in [9.17, 15) is 20.1 Å². The number of hydrogen-bond donors (Lipinski definition) is 1. The van der Waals surface area contributed by atoms with Crippen molar-refractivity contribution in [2.24, 2.45) is 56.2 Å². The average Bonchev–Trinajstić information content (AvgIpc) is 2.83. The van der Waals surface area contributed by atoms with Crippen LogP contribution >= 0.6 is 0 Å². The third-order valence-corrected chi connectivity index (χ3v) is 13.3. The molecule has 5 aliphatic carbocycles. The number of fused-ring (bicyclic) bond motifs is 7. The highest BCUT2D eigenvalue weighted by molar-refractivity contribution is 6.04. The summed E-state index contributed by atoms with van der Waals surface area (Å²) >= 11 is 0. The molecule has 4 fully saturated rings. The molecular formula is C33H47N3O2. The van der Waals surface area contributed by atoms with Gasteiger partial charge in [0.15, 0.2) is 5.78 Å². The summed E-state index contributed by atoms with van der Waals surface area (Å²) in [5.41, 5.74) is -0.544. The maximum atomic E-state index is 14.5. The zero-order valence-corrected chi connectivity index (χ0v) is 24.7. The molecule has 5 rings (SSSR count). The van der Waals surface area contributed by atoms with Crippen LogP contribution in [0.15, 0.2) is 11.6 Å². The number of nitriles is 2. The molecule has 0 amide bonds. The summed E-state index contributed by atoms with van der Waals surface area (Å²) in [6.07, 6.45) is 9.99. The Morgan fingerprint density at radius 3 is 2.26 bits per heavy atom. The fraction of sp³-hybridized carbons (Fsp3) is 0.818. The van der Waals surface area contributed by atoms with Gasteiger partial charge in [-0.05, 0) is 89.8 Å². The molecule has 0 aliphatic heterocycles. The summed E-state index contributed by atoms with van der Waals surface area (Å²) in [7, 11) is 0. The van der Waals surface area contributed by atoms with Gasteiger partial charge in [0.25, 0.3) is 0 Å². The van der Waals surface area contributed by atoms with Crippen molar-refractivity contribution in [2.75, 3.05) is 13.1 Å². The lowest BCUT2D eigenvalue weighted by atomic mass is 9.31. The van der Waals surface area contributed by atoms with Crippen LogP contribution in [-0.2, 0) is 9.59 Å². The van der Waals surface area contributed by atoms with Crippen LogP contribution in [0.4, 0.5) is 0 Å². The number of hydrogen-bond acceptors (Lipinski definition) is 5. The molecule has 0 aromatic rings. The topological polar surface area (TPSA) is 93.8 Å². The molecule has 5 nitrogen and oxygen atoms in total. The smallest absolute Gasteiger partial charge is 0.178 e. The second kappa shape index (κ2) is 8.51. The van der Waals surface area contributed by atoms with Crippen molar-refractivity contribution in [2.45, 2.75) is 99.8 Å². The Labute approximate surface area is 229 Å². The van der Waals surface area contributed by atoms with Crippen molar-refractivity contribution in [1.82, 2.24) is 5.32 Å². The molecule has 206 valence electrons. The number of ketones is 2. The fourth-order valence-electron chi connectivity index (χ4n) is 11.1. The quantitative estimate of drug-likeness (QED) is 0.345. The lowest BCUT2D eigenvalue weighted by Gasteiger charge is -2.72. The first kappa shape index (κ1) is 27.6. The Morgan fingerprint density at radius 2 is 1.61 bits per heavy atom. The number of nitrogens with one attached hydrogen (secondary N) is 1. The van der Waals surface area contributed by atoms with Crippen molar-refractivity contribution in [3.05, 3.63) is 11.6 Å². The van der Waals surface area contributed by atoms with E-state index in [4.69, 9.17) is 0 Å². The Bertz CT molecular complexity index is 1170. The van der Waals surface area contributed by atoms with Crippen LogP contribution < -0.4 is 5.32 Å². The molecule has 38 heavy (non-hydrogen) atoms. The van der Waals surface area contributed by atoms with E-state index in [2.05, 4.69) is 52.1 Å². The van der Waals surface area contributed by atoms with E-state index in [1.807, 2.05) is 19.9 Å². The third-order valence-electron chi connectivity index (χ3n) is 13.3. The summed E-state index contributed by atoms with van der Waals surface area (Å²) in [6.45, 7) is 17.1. The summed E-state index contributed by atoms with van der Waals surface area (Å²) in [5.74, 6) is 0.982. The minimum Gasteiger partial charge on any atom is -0.304 e. The number of carbonyl (C=O) groups is 2. The molecule has 0 bridgehead atoms. The second-order valence-electron chi connectivity index (χ2n) is 15.8. The van der Waals surface area contributed by atoms with Gasteiger partial charge in [0, 0.05) is 24.3 Å². The van der Waals surface area contributed by atoms with Crippen LogP contribution in [0.3, 0.4) is 0 Å². The molecule has 4 saturated carbocycles. The van der Waals surface area contributed by atoms with Crippen LogP contribution in [0.1, 0.15) is 99.8 Å². The molecule has 0 heterocycles. The first-order chi connectivity index (χ1) is 17.6. The molecule has 0 unspecified atom stereocenters. The maximum absolute atomic E-state index is 14.5. The van der Waals surface area contributed by atoms with Crippen molar-refractivity contribution in [3.63, 3.8) is 0 Å². The van der Waals surface area contributed by atoms with Crippen LogP contribution in [0, 0.1) is 78.8 Å². The second-order valence-corrected chi connectivity index (χ2v) is 15.8. The first-order valence-electron chi connectivity index (χ1n) is 14.9. The molecule has 5 heteroatoms. The molecule has 0 radical (unpaired) electrons. The SMILES string of the molecule is CC1(C)CC[C@]2(CNCC#N)CC[C@]3(C)[C@H](C(=O)C[C@@H]4[C@@]5(C)C=C(C#N)C(=O)C(C)(C)[C@@H]5CC[C@]43C)[C@@H]2C1. The molecular weight excluding hydrogens is 470 g/mol. The van der Waals surface area contributed by atoms with E-state index in [0.717, 1.165) is 45.1 Å². The monoisotopic (exact) mass is 517 g/mol. The molecule has 0 aromatic heterocycles. The van der Waals surface area contributed by atoms with Gasteiger partial charge in [0.1, 0.15) is 11.9 Å². The summed E-state index contributed by atoms with van der Waals surface area (Å²) < 4.78 is 0. The van der Waals surface area contributed by atoms with Crippen LogP contribution in [0.25, 0.3) is 0 Å². The van der Waals surface area contributed by atoms with Gasteiger partial charge < -0.3 is 5.32 Å². The van der Waals surface area contributed by atoms with Crippen molar-refractivity contribution in [3.8, 4) is 12.1 Å².